The van der Waals surface area contributed by atoms with Crippen molar-refractivity contribution in [2.75, 3.05) is 7.11 Å². The molecular weight excluding hydrogens is 424 g/mol. The van der Waals surface area contributed by atoms with Gasteiger partial charge in [-0.15, -0.1) is 0 Å². The molecule has 30 heavy (non-hydrogen) atoms. The smallest absolute Gasteiger partial charge is 0.268 e. The van der Waals surface area contributed by atoms with Gasteiger partial charge in [0.05, 0.1) is 18.4 Å². The second kappa shape index (κ2) is 8.45. The molecule has 1 heterocycles. The van der Waals surface area contributed by atoms with E-state index in [-0.39, 0.29) is 16.2 Å². The lowest BCUT2D eigenvalue weighted by Gasteiger charge is -2.12. The molecule has 0 saturated carbocycles. The van der Waals surface area contributed by atoms with E-state index in [1.54, 1.807) is 6.07 Å². The molecular formula is C22H21ClN2O4S. The summed E-state index contributed by atoms with van der Waals surface area (Å²) >= 11 is 5.89. The first-order valence-electron chi connectivity index (χ1n) is 9.07. The average Bonchev–Trinajstić information content (AvgIpc) is 2.67. The second-order valence-electron chi connectivity index (χ2n) is 6.93. The molecule has 0 aliphatic rings. The number of pyridine rings is 1. The van der Waals surface area contributed by atoms with Crippen LogP contribution in [0, 0.1) is 20.8 Å². The van der Waals surface area contributed by atoms with Crippen molar-refractivity contribution in [3.8, 4) is 17.0 Å². The van der Waals surface area contributed by atoms with Crippen molar-refractivity contribution < 1.29 is 17.9 Å². The van der Waals surface area contributed by atoms with Crippen LogP contribution in [0.15, 0.2) is 53.6 Å². The first-order chi connectivity index (χ1) is 14.1. The lowest BCUT2D eigenvalue weighted by Crippen LogP contribution is -2.31. The maximum atomic E-state index is 12.7. The van der Waals surface area contributed by atoms with Gasteiger partial charge in [0.1, 0.15) is 10.6 Å². The lowest BCUT2D eigenvalue weighted by molar-refractivity contribution is 0.0978. The van der Waals surface area contributed by atoms with Gasteiger partial charge in [0.15, 0.2) is 0 Å². The number of rotatable bonds is 5. The Kier molecular flexibility index (Phi) is 6.14. The summed E-state index contributed by atoms with van der Waals surface area (Å²) in [6, 6.07) is 11.5. The fourth-order valence-electron chi connectivity index (χ4n) is 3.36. The summed E-state index contributed by atoms with van der Waals surface area (Å²) in [5, 5.41) is 0.368. The molecule has 0 fully saturated rings. The van der Waals surface area contributed by atoms with Crippen molar-refractivity contribution >= 4 is 27.5 Å². The quantitative estimate of drug-likeness (QED) is 0.628. The number of hydrogen-bond donors (Lipinski definition) is 1. The zero-order valence-corrected chi connectivity index (χ0v) is 18.6. The minimum absolute atomic E-state index is 0.0564. The number of halogens is 1. The number of nitrogens with one attached hydrogen (secondary N) is 1. The molecule has 0 bridgehead atoms. The molecule has 1 aromatic heterocycles. The number of sulfonamides is 1. The van der Waals surface area contributed by atoms with E-state index in [0.29, 0.717) is 10.7 Å². The predicted molar refractivity (Wildman–Crippen MR) is 117 cm³/mol. The molecule has 6 nitrogen and oxygen atoms in total. The normalized spacial score (nSPS) is 11.2. The monoisotopic (exact) mass is 444 g/mol. The average molecular weight is 445 g/mol. The number of aromatic nitrogens is 1. The van der Waals surface area contributed by atoms with Crippen molar-refractivity contribution in [2.24, 2.45) is 0 Å². The van der Waals surface area contributed by atoms with Gasteiger partial charge < -0.3 is 4.74 Å². The summed E-state index contributed by atoms with van der Waals surface area (Å²) in [6.45, 7) is 5.99. The standard InChI is InChI=1S/C22H21ClN2O4S/c1-13-9-14(2)21(15(3)10-13)19-8-6-17(12-24-19)30(27,28)25-22(26)18-7-5-16(23)11-20(18)29-4/h5-12H,1-4H3,(H,25,26). The Morgan fingerprint density at radius 3 is 2.27 bits per heavy atom. The molecule has 3 aromatic rings. The zero-order chi connectivity index (χ0) is 22.1. The number of benzene rings is 2. The first kappa shape index (κ1) is 21.8. The van der Waals surface area contributed by atoms with Gasteiger partial charge >= 0.3 is 0 Å². The summed E-state index contributed by atoms with van der Waals surface area (Å²) in [6.07, 6.45) is 1.24. The van der Waals surface area contributed by atoms with Crippen LogP contribution >= 0.6 is 11.6 Å². The SMILES string of the molecule is COc1cc(Cl)ccc1C(=O)NS(=O)(=O)c1ccc(-c2c(C)cc(C)cc2C)nc1. The Bertz CT molecular complexity index is 1200. The molecule has 0 saturated heterocycles. The Hall–Kier alpha value is -2.90. The molecule has 0 aliphatic heterocycles. The highest BCUT2D eigenvalue weighted by atomic mass is 35.5. The number of aryl methyl sites for hydroxylation is 3. The van der Waals surface area contributed by atoms with Crippen LogP contribution in [-0.4, -0.2) is 26.4 Å². The number of carbonyl (C=O) groups is 1. The third-order valence-corrected chi connectivity index (χ3v) is 6.17. The number of carbonyl (C=O) groups excluding carboxylic acids is 1. The molecule has 0 radical (unpaired) electrons. The van der Waals surface area contributed by atoms with Gasteiger partial charge in [0.2, 0.25) is 0 Å². The summed E-state index contributed by atoms with van der Waals surface area (Å²) in [4.78, 5) is 16.7. The van der Waals surface area contributed by atoms with Gasteiger partial charge in [0, 0.05) is 16.8 Å². The molecule has 1 amide bonds. The Morgan fingerprint density at radius 2 is 1.70 bits per heavy atom. The van der Waals surface area contributed by atoms with E-state index in [1.165, 1.54) is 37.6 Å². The van der Waals surface area contributed by atoms with E-state index >= 15 is 0 Å². The van der Waals surface area contributed by atoms with Crippen molar-refractivity contribution in [2.45, 2.75) is 25.7 Å². The summed E-state index contributed by atoms with van der Waals surface area (Å²) in [7, 11) is -2.75. The Labute approximate surface area is 180 Å². The van der Waals surface area contributed by atoms with E-state index in [2.05, 4.69) is 4.98 Å². The van der Waals surface area contributed by atoms with Crippen LogP contribution in [0.3, 0.4) is 0 Å². The van der Waals surface area contributed by atoms with Crippen LogP contribution in [0.1, 0.15) is 27.0 Å². The number of ether oxygens (including phenoxy) is 1. The minimum Gasteiger partial charge on any atom is -0.496 e. The fourth-order valence-corrected chi connectivity index (χ4v) is 4.43. The molecule has 8 heteroatoms. The number of amides is 1. The van der Waals surface area contributed by atoms with E-state index in [0.717, 1.165) is 22.3 Å². The summed E-state index contributed by atoms with van der Waals surface area (Å²) in [5.74, 6) is -0.646. The first-order valence-corrected chi connectivity index (χ1v) is 10.9. The summed E-state index contributed by atoms with van der Waals surface area (Å²) < 4.78 is 32.5. The third kappa shape index (κ3) is 4.47. The van der Waals surface area contributed by atoms with Gasteiger partial charge in [-0.05, 0) is 62.2 Å². The van der Waals surface area contributed by atoms with Crippen LogP contribution < -0.4 is 9.46 Å². The molecule has 0 spiro atoms. The fraction of sp³-hybridized carbons (Fsp3) is 0.182. The van der Waals surface area contributed by atoms with E-state index in [4.69, 9.17) is 16.3 Å². The number of nitrogens with zero attached hydrogens (tertiary/aromatic N) is 1. The van der Waals surface area contributed by atoms with E-state index in [9.17, 15) is 13.2 Å². The number of hydrogen-bond acceptors (Lipinski definition) is 5. The maximum absolute atomic E-state index is 12.7. The van der Waals surface area contributed by atoms with Gasteiger partial charge in [0.25, 0.3) is 15.9 Å². The topological polar surface area (TPSA) is 85.4 Å². The van der Waals surface area contributed by atoms with E-state index in [1.807, 2.05) is 37.6 Å². The molecule has 156 valence electrons. The largest absolute Gasteiger partial charge is 0.496 e. The molecule has 0 aliphatic carbocycles. The third-order valence-electron chi connectivity index (χ3n) is 4.62. The molecule has 0 atom stereocenters. The minimum atomic E-state index is -4.12. The Morgan fingerprint density at radius 1 is 1.03 bits per heavy atom. The highest BCUT2D eigenvalue weighted by Crippen LogP contribution is 2.28. The second-order valence-corrected chi connectivity index (χ2v) is 9.05. The van der Waals surface area contributed by atoms with Gasteiger partial charge in [-0.1, -0.05) is 29.3 Å². The van der Waals surface area contributed by atoms with Gasteiger partial charge in [-0.3, -0.25) is 9.78 Å². The molecule has 1 N–H and O–H groups in total. The Balaban J connectivity index is 1.88. The van der Waals surface area contributed by atoms with Crippen LogP contribution in [0.5, 0.6) is 5.75 Å². The maximum Gasteiger partial charge on any atom is 0.268 e. The lowest BCUT2D eigenvalue weighted by atomic mass is 9.97. The molecule has 2 aromatic carbocycles. The molecule has 3 rings (SSSR count). The highest BCUT2D eigenvalue weighted by Gasteiger charge is 2.22. The highest BCUT2D eigenvalue weighted by molar-refractivity contribution is 7.90. The number of methoxy groups -OCH3 is 1. The van der Waals surface area contributed by atoms with Crippen LogP contribution in [0.2, 0.25) is 5.02 Å². The van der Waals surface area contributed by atoms with Crippen LogP contribution in [0.25, 0.3) is 11.3 Å². The predicted octanol–water partition coefficient (Wildman–Crippen LogP) is 4.45. The van der Waals surface area contributed by atoms with Crippen LogP contribution in [-0.2, 0) is 10.0 Å². The van der Waals surface area contributed by atoms with Crippen molar-refractivity contribution in [3.05, 3.63) is 75.9 Å². The van der Waals surface area contributed by atoms with Gasteiger partial charge in [-0.25, -0.2) is 13.1 Å². The van der Waals surface area contributed by atoms with E-state index < -0.39 is 15.9 Å². The zero-order valence-electron chi connectivity index (χ0n) is 17.0. The molecule has 0 unspecified atom stereocenters. The van der Waals surface area contributed by atoms with Crippen molar-refractivity contribution in [1.82, 2.24) is 9.71 Å². The van der Waals surface area contributed by atoms with Crippen LogP contribution in [0.4, 0.5) is 0 Å². The van der Waals surface area contributed by atoms with Crippen molar-refractivity contribution in [1.29, 1.82) is 0 Å². The van der Waals surface area contributed by atoms with Gasteiger partial charge in [-0.2, -0.15) is 0 Å². The van der Waals surface area contributed by atoms with Crippen molar-refractivity contribution in [3.63, 3.8) is 0 Å². The summed E-state index contributed by atoms with van der Waals surface area (Å²) in [5.41, 5.74) is 4.93.